The molecule has 0 spiro atoms. The van der Waals surface area contributed by atoms with Gasteiger partial charge in [0.25, 0.3) is 5.91 Å². The summed E-state index contributed by atoms with van der Waals surface area (Å²) in [5.74, 6) is -0.309. The number of halogens is 2. The zero-order valence-electron chi connectivity index (χ0n) is 12.5. The zero-order chi connectivity index (χ0) is 16.8. The van der Waals surface area contributed by atoms with Crippen molar-refractivity contribution in [1.82, 2.24) is 5.32 Å². The third kappa shape index (κ3) is 5.62. The maximum Gasteiger partial charge on any atom is 0.251 e. The van der Waals surface area contributed by atoms with Crippen molar-refractivity contribution in [3.05, 3.63) is 61.6 Å². The summed E-state index contributed by atoms with van der Waals surface area (Å²) >= 11 is 5.55. The summed E-state index contributed by atoms with van der Waals surface area (Å²) in [6.45, 7) is 2.31. The largest absolute Gasteiger partial charge is 0.352 e. The van der Waals surface area contributed by atoms with Crippen LogP contribution in [0.4, 0.5) is 5.69 Å². The van der Waals surface area contributed by atoms with E-state index < -0.39 is 0 Å². The smallest absolute Gasteiger partial charge is 0.251 e. The fraction of sp³-hybridized carbons (Fsp3) is 0.176. The van der Waals surface area contributed by atoms with Crippen LogP contribution in [0.15, 0.2) is 46.9 Å². The first-order valence-electron chi connectivity index (χ1n) is 7.05. The highest BCUT2D eigenvalue weighted by Crippen LogP contribution is 2.17. The summed E-state index contributed by atoms with van der Waals surface area (Å²) < 4.78 is 2.02. The molecule has 0 unspecified atom stereocenters. The van der Waals surface area contributed by atoms with Crippen LogP contribution in [0.3, 0.4) is 0 Å². The van der Waals surface area contributed by atoms with Crippen molar-refractivity contribution >= 4 is 56.0 Å². The van der Waals surface area contributed by atoms with Gasteiger partial charge in [-0.25, -0.2) is 0 Å². The maximum absolute atomic E-state index is 11.9. The molecule has 0 atom stereocenters. The molecule has 6 heteroatoms. The third-order valence-electron chi connectivity index (χ3n) is 3.20. The average molecular weight is 487 g/mol. The van der Waals surface area contributed by atoms with E-state index in [1.54, 1.807) is 24.3 Å². The van der Waals surface area contributed by atoms with Crippen LogP contribution in [-0.2, 0) is 4.79 Å². The second-order valence-electron chi connectivity index (χ2n) is 5.02. The first-order valence-corrected chi connectivity index (χ1v) is 8.92. The first kappa shape index (κ1) is 17.9. The van der Waals surface area contributed by atoms with Crippen LogP contribution in [0.25, 0.3) is 0 Å². The second-order valence-corrected chi connectivity index (χ2v) is 7.10. The number of benzene rings is 2. The molecule has 0 saturated heterocycles. The molecule has 2 rings (SSSR count). The van der Waals surface area contributed by atoms with Crippen molar-refractivity contribution in [2.24, 2.45) is 0 Å². The van der Waals surface area contributed by atoms with E-state index in [1.807, 2.05) is 25.1 Å². The van der Waals surface area contributed by atoms with E-state index in [1.165, 1.54) is 5.56 Å². The summed E-state index contributed by atoms with van der Waals surface area (Å²) in [5, 5.41) is 5.57. The Labute approximate surface area is 157 Å². The zero-order valence-corrected chi connectivity index (χ0v) is 16.3. The lowest BCUT2D eigenvalue weighted by Gasteiger charge is -2.08. The minimum absolute atomic E-state index is 0.124. The van der Waals surface area contributed by atoms with E-state index in [0.717, 1.165) is 13.7 Å². The Morgan fingerprint density at radius 2 is 1.83 bits per heavy atom. The molecule has 2 aromatic rings. The Bertz CT molecular complexity index is 717. The molecule has 0 radical (unpaired) electrons. The van der Waals surface area contributed by atoms with Crippen LogP contribution in [-0.4, -0.2) is 18.4 Å². The summed E-state index contributed by atoms with van der Waals surface area (Å²) in [6, 6.07) is 12.8. The van der Waals surface area contributed by atoms with Crippen LogP contribution in [0.5, 0.6) is 0 Å². The molecule has 2 aromatic carbocycles. The Morgan fingerprint density at radius 3 is 2.48 bits per heavy atom. The molecule has 0 aliphatic rings. The summed E-state index contributed by atoms with van der Waals surface area (Å²) in [5.41, 5.74) is 2.51. The van der Waals surface area contributed by atoms with Gasteiger partial charge in [0.2, 0.25) is 5.91 Å². The fourth-order valence-electron chi connectivity index (χ4n) is 1.89. The minimum Gasteiger partial charge on any atom is -0.352 e. The Hall–Kier alpha value is -1.41. The fourth-order valence-corrected chi connectivity index (χ4v) is 2.67. The molecule has 4 nitrogen and oxygen atoms in total. The Morgan fingerprint density at radius 1 is 1.13 bits per heavy atom. The van der Waals surface area contributed by atoms with Crippen LogP contribution < -0.4 is 10.6 Å². The van der Waals surface area contributed by atoms with Crippen molar-refractivity contribution in [1.29, 1.82) is 0 Å². The number of anilines is 1. The van der Waals surface area contributed by atoms with E-state index in [2.05, 4.69) is 49.2 Å². The molecule has 0 fully saturated rings. The van der Waals surface area contributed by atoms with Crippen LogP contribution in [0, 0.1) is 10.5 Å². The SMILES string of the molecule is Cc1ccc(NC(=O)CCNC(=O)c2ccc(Br)cc2)cc1I. The maximum atomic E-state index is 11.9. The molecule has 23 heavy (non-hydrogen) atoms. The number of nitrogens with one attached hydrogen (secondary N) is 2. The van der Waals surface area contributed by atoms with Crippen LogP contribution >= 0.6 is 38.5 Å². The quantitative estimate of drug-likeness (QED) is 0.624. The Balaban J connectivity index is 1.79. The first-order chi connectivity index (χ1) is 11.0. The molecule has 0 aliphatic carbocycles. The molecule has 0 bridgehead atoms. The predicted octanol–water partition coefficient (Wildman–Crippen LogP) is 4.12. The van der Waals surface area contributed by atoms with Crippen molar-refractivity contribution in [2.75, 3.05) is 11.9 Å². The van der Waals surface area contributed by atoms with Gasteiger partial charge in [0.1, 0.15) is 0 Å². The number of carbonyl (C=O) groups excluding carboxylic acids is 2. The molecule has 2 N–H and O–H groups in total. The molecule has 0 saturated carbocycles. The monoisotopic (exact) mass is 486 g/mol. The van der Waals surface area contributed by atoms with E-state index in [0.29, 0.717) is 12.1 Å². The molecule has 0 heterocycles. The van der Waals surface area contributed by atoms with Gasteiger partial charge in [-0.1, -0.05) is 22.0 Å². The molecular weight excluding hydrogens is 471 g/mol. The lowest BCUT2D eigenvalue weighted by Crippen LogP contribution is -2.27. The van der Waals surface area contributed by atoms with E-state index in [-0.39, 0.29) is 18.2 Å². The van der Waals surface area contributed by atoms with Crippen molar-refractivity contribution in [2.45, 2.75) is 13.3 Å². The molecule has 0 aliphatic heterocycles. The topological polar surface area (TPSA) is 58.2 Å². The summed E-state index contributed by atoms with van der Waals surface area (Å²) in [6.07, 6.45) is 0.229. The van der Waals surface area contributed by atoms with Gasteiger partial charge in [-0.3, -0.25) is 9.59 Å². The Kier molecular flexibility index (Phi) is 6.59. The van der Waals surface area contributed by atoms with Gasteiger partial charge in [-0.2, -0.15) is 0 Å². The van der Waals surface area contributed by atoms with Gasteiger partial charge >= 0.3 is 0 Å². The molecular formula is C17H16BrIN2O2. The number of rotatable bonds is 5. The van der Waals surface area contributed by atoms with Gasteiger partial charge in [0.05, 0.1) is 0 Å². The highest BCUT2D eigenvalue weighted by Gasteiger charge is 2.07. The molecule has 2 amide bonds. The molecule has 120 valence electrons. The number of aryl methyl sites for hydroxylation is 1. The van der Waals surface area contributed by atoms with Gasteiger partial charge in [-0.05, 0) is 71.5 Å². The molecule has 0 aromatic heterocycles. The number of amides is 2. The van der Waals surface area contributed by atoms with E-state index in [9.17, 15) is 9.59 Å². The number of hydrogen-bond donors (Lipinski definition) is 2. The van der Waals surface area contributed by atoms with Crippen LogP contribution in [0.2, 0.25) is 0 Å². The van der Waals surface area contributed by atoms with Crippen molar-refractivity contribution in [3.8, 4) is 0 Å². The second kappa shape index (κ2) is 8.44. The predicted molar refractivity (Wildman–Crippen MR) is 104 cm³/mol. The highest BCUT2D eigenvalue weighted by atomic mass is 127. The summed E-state index contributed by atoms with van der Waals surface area (Å²) in [7, 11) is 0. The van der Waals surface area contributed by atoms with Gasteiger partial charge in [0, 0.05) is 32.3 Å². The van der Waals surface area contributed by atoms with Crippen molar-refractivity contribution < 1.29 is 9.59 Å². The van der Waals surface area contributed by atoms with Crippen molar-refractivity contribution in [3.63, 3.8) is 0 Å². The number of hydrogen-bond acceptors (Lipinski definition) is 2. The highest BCUT2D eigenvalue weighted by molar-refractivity contribution is 14.1. The van der Waals surface area contributed by atoms with Gasteiger partial charge in [-0.15, -0.1) is 0 Å². The average Bonchev–Trinajstić information content (AvgIpc) is 2.51. The lowest BCUT2D eigenvalue weighted by molar-refractivity contribution is -0.116. The normalized spacial score (nSPS) is 10.2. The van der Waals surface area contributed by atoms with Gasteiger partial charge < -0.3 is 10.6 Å². The summed E-state index contributed by atoms with van der Waals surface area (Å²) in [4.78, 5) is 23.8. The standard InChI is InChI=1S/C17H16BrIN2O2/c1-11-2-7-14(10-15(11)19)21-16(22)8-9-20-17(23)12-3-5-13(18)6-4-12/h2-7,10H,8-9H2,1H3,(H,20,23)(H,21,22). The van der Waals surface area contributed by atoms with E-state index >= 15 is 0 Å². The van der Waals surface area contributed by atoms with Crippen LogP contribution in [0.1, 0.15) is 22.3 Å². The number of carbonyl (C=O) groups is 2. The van der Waals surface area contributed by atoms with E-state index in [4.69, 9.17) is 0 Å². The third-order valence-corrected chi connectivity index (χ3v) is 4.89. The minimum atomic E-state index is -0.185. The lowest BCUT2D eigenvalue weighted by atomic mass is 10.2. The van der Waals surface area contributed by atoms with Gasteiger partial charge in [0.15, 0.2) is 0 Å².